The highest BCUT2D eigenvalue weighted by Crippen LogP contribution is 2.33. The van der Waals surface area contributed by atoms with Crippen LogP contribution in [0.4, 0.5) is 0 Å². The maximum Gasteiger partial charge on any atom is 0.0205 e. The third-order valence-electron chi connectivity index (χ3n) is 3.15. The van der Waals surface area contributed by atoms with Gasteiger partial charge in [-0.3, -0.25) is 0 Å². The zero-order chi connectivity index (χ0) is 11.2. The van der Waals surface area contributed by atoms with Crippen LogP contribution in [0.5, 0.6) is 0 Å². The number of thioether (sulfide) groups is 1. The lowest BCUT2D eigenvalue weighted by atomic mass is 10.2. The van der Waals surface area contributed by atoms with Gasteiger partial charge in [0.15, 0.2) is 0 Å². The van der Waals surface area contributed by atoms with E-state index in [0.717, 1.165) is 12.5 Å². The molecule has 0 aromatic heterocycles. The molecule has 0 aliphatic heterocycles. The molecule has 0 heterocycles. The first-order valence-corrected chi connectivity index (χ1v) is 7.44. The van der Waals surface area contributed by atoms with Crippen LogP contribution in [0.15, 0.2) is 29.2 Å². The Hall–Kier alpha value is -0.470. The molecular formula is C14H21NS. The van der Waals surface area contributed by atoms with E-state index in [1.165, 1.54) is 42.7 Å². The number of hydrogen-bond acceptors (Lipinski definition) is 2. The third-order valence-corrected chi connectivity index (χ3v) is 3.89. The summed E-state index contributed by atoms with van der Waals surface area (Å²) in [5.74, 6) is 1.07. The van der Waals surface area contributed by atoms with E-state index in [1.807, 2.05) is 0 Å². The van der Waals surface area contributed by atoms with E-state index in [2.05, 4.69) is 35.8 Å². The Bertz CT molecular complexity index is 303. The smallest absolute Gasteiger partial charge is 0.0205 e. The predicted octanol–water partition coefficient (Wildman–Crippen LogP) is 3.69. The minimum absolute atomic E-state index is 1.01. The molecule has 0 atom stereocenters. The summed E-state index contributed by atoms with van der Waals surface area (Å²) in [4.78, 5) is 1.34. The molecule has 1 N–H and O–H groups in total. The predicted molar refractivity (Wildman–Crippen MR) is 71.9 cm³/mol. The molecule has 88 valence electrons. The molecule has 1 fully saturated rings. The van der Waals surface area contributed by atoms with Crippen LogP contribution in [0.1, 0.15) is 31.2 Å². The van der Waals surface area contributed by atoms with Crippen molar-refractivity contribution in [3.63, 3.8) is 0 Å². The van der Waals surface area contributed by atoms with Crippen LogP contribution in [0, 0.1) is 5.92 Å². The van der Waals surface area contributed by atoms with E-state index < -0.39 is 0 Å². The van der Waals surface area contributed by atoms with Crippen molar-refractivity contribution in [2.45, 2.75) is 37.1 Å². The highest BCUT2D eigenvalue weighted by molar-refractivity contribution is 7.98. The largest absolute Gasteiger partial charge is 0.313 e. The van der Waals surface area contributed by atoms with E-state index in [9.17, 15) is 0 Å². The van der Waals surface area contributed by atoms with Crippen molar-refractivity contribution in [1.29, 1.82) is 0 Å². The first-order valence-electron chi connectivity index (χ1n) is 6.22. The molecule has 0 spiro atoms. The molecule has 1 aliphatic carbocycles. The van der Waals surface area contributed by atoms with Crippen LogP contribution in [0.25, 0.3) is 0 Å². The summed E-state index contributed by atoms with van der Waals surface area (Å²) in [6.07, 6.45) is 7.85. The van der Waals surface area contributed by atoms with E-state index in [1.54, 1.807) is 11.8 Å². The van der Waals surface area contributed by atoms with Gasteiger partial charge in [0.2, 0.25) is 0 Å². The lowest BCUT2D eigenvalue weighted by Gasteiger charge is -2.05. The fourth-order valence-electron chi connectivity index (χ4n) is 1.90. The quantitative estimate of drug-likeness (QED) is 0.571. The van der Waals surface area contributed by atoms with Gasteiger partial charge in [0.05, 0.1) is 0 Å². The van der Waals surface area contributed by atoms with Crippen LogP contribution < -0.4 is 5.32 Å². The van der Waals surface area contributed by atoms with Gasteiger partial charge in [-0.15, -0.1) is 11.8 Å². The van der Waals surface area contributed by atoms with E-state index in [4.69, 9.17) is 0 Å². The van der Waals surface area contributed by atoms with Gasteiger partial charge >= 0.3 is 0 Å². The summed E-state index contributed by atoms with van der Waals surface area (Å²) in [5, 5.41) is 3.52. The lowest BCUT2D eigenvalue weighted by Crippen LogP contribution is -2.14. The second kappa shape index (κ2) is 6.31. The molecule has 1 nitrogen and oxygen atoms in total. The minimum Gasteiger partial charge on any atom is -0.313 e. The molecule has 2 rings (SSSR count). The maximum absolute atomic E-state index is 3.52. The number of hydrogen-bond donors (Lipinski definition) is 1. The molecule has 1 aliphatic rings. The van der Waals surface area contributed by atoms with Crippen molar-refractivity contribution >= 4 is 11.8 Å². The molecule has 0 amide bonds. The van der Waals surface area contributed by atoms with Gasteiger partial charge in [-0.25, -0.2) is 0 Å². The molecule has 1 aromatic carbocycles. The second-order valence-corrected chi connectivity index (χ2v) is 5.49. The van der Waals surface area contributed by atoms with Crippen molar-refractivity contribution in [1.82, 2.24) is 5.32 Å². The van der Waals surface area contributed by atoms with Crippen molar-refractivity contribution in [3.8, 4) is 0 Å². The first-order chi connectivity index (χ1) is 7.88. The van der Waals surface area contributed by atoms with Crippen molar-refractivity contribution in [2.24, 2.45) is 5.92 Å². The molecule has 2 heteroatoms. The van der Waals surface area contributed by atoms with Crippen LogP contribution in [0.3, 0.4) is 0 Å². The molecular weight excluding hydrogens is 214 g/mol. The summed E-state index contributed by atoms with van der Waals surface area (Å²) < 4.78 is 0. The summed E-state index contributed by atoms with van der Waals surface area (Å²) in [5.41, 5.74) is 1.39. The Morgan fingerprint density at radius 3 is 2.62 bits per heavy atom. The molecule has 1 saturated carbocycles. The standard InChI is InChI=1S/C14H21NS/c1-16-14-8-6-13(7-9-14)11-15-10-2-3-12-4-5-12/h6-9,12,15H,2-5,10-11H2,1H3. The maximum atomic E-state index is 3.52. The molecule has 16 heavy (non-hydrogen) atoms. The Morgan fingerprint density at radius 1 is 1.25 bits per heavy atom. The molecule has 0 radical (unpaired) electrons. The highest BCUT2D eigenvalue weighted by atomic mass is 32.2. The molecule has 1 aromatic rings. The number of rotatable bonds is 7. The van der Waals surface area contributed by atoms with Crippen LogP contribution in [0.2, 0.25) is 0 Å². The SMILES string of the molecule is CSc1ccc(CNCCCC2CC2)cc1. The van der Waals surface area contributed by atoms with Crippen molar-refractivity contribution in [2.75, 3.05) is 12.8 Å². The molecule has 0 bridgehead atoms. The fourth-order valence-corrected chi connectivity index (χ4v) is 2.31. The van der Waals surface area contributed by atoms with Gasteiger partial charge in [0, 0.05) is 11.4 Å². The van der Waals surface area contributed by atoms with Crippen molar-refractivity contribution < 1.29 is 0 Å². The van der Waals surface area contributed by atoms with Crippen molar-refractivity contribution in [3.05, 3.63) is 29.8 Å². The average Bonchev–Trinajstić information content (AvgIpc) is 3.13. The first kappa shape index (κ1) is 12.0. The minimum atomic E-state index is 1.01. The molecule has 0 saturated heterocycles. The van der Waals surface area contributed by atoms with Gasteiger partial charge in [-0.1, -0.05) is 25.0 Å². The van der Waals surface area contributed by atoms with E-state index in [0.29, 0.717) is 0 Å². The van der Waals surface area contributed by atoms with Crippen LogP contribution in [-0.2, 0) is 6.54 Å². The van der Waals surface area contributed by atoms with Gasteiger partial charge in [-0.05, 0) is 49.3 Å². The van der Waals surface area contributed by atoms with E-state index >= 15 is 0 Å². The third kappa shape index (κ3) is 4.18. The Balaban J connectivity index is 1.60. The van der Waals surface area contributed by atoms with E-state index in [-0.39, 0.29) is 0 Å². The summed E-state index contributed by atoms with van der Waals surface area (Å²) in [7, 11) is 0. The Labute approximate surface area is 103 Å². The summed E-state index contributed by atoms with van der Waals surface area (Å²) in [6, 6.07) is 8.84. The summed E-state index contributed by atoms with van der Waals surface area (Å²) in [6.45, 7) is 2.18. The summed E-state index contributed by atoms with van der Waals surface area (Å²) >= 11 is 1.80. The topological polar surface area (TPSA) is 12.0 Å². The number of benzene rings is 1. The zero-order valence-corrected chi connectivity index (χ0v) is 10.9. The van der Waals surface area contributed by atoms with Crippen LogP contribution >= 0.6 is 11.8 Å². The Morgan fingerprint density at radius 2 is 2.00 bits per heavy atom. The van der Waals surface area contributed by atoms with Gasteiger partial charge < -0.3 is 5.32 Å². The fraction of sp³-hybridized carbons (Fsp3) is 0.571. The highest BCUT2D eigenvalue weighted by Gasteiger charge is 2.19. The molecule has 0 unspecified atom stereocenters. The average molecular weight is 235 g/mol. The van der Waals surface area contributed by atoms with Gasteiger partial charge in [-0.2, -0.15) is 0 Å². The van der Waals surface area contributed by atoms with Gasteiger partial charge in [0.25, 0.3) is 0 Å². The monoisotopic (exact) mass is 235 g/mol. The normalized spacial score (nSPS) is 15.3. The van der Waals surface area contributed by atoms with Gasteiger partial charge in [0.1, 0.15) is 0 Å². The second-order valence-electron chi connectivity index (χ2n) is 4.61. The number of nitrogens with one attached hydrogen (secondary N) is 1. The van der Waals surface area contributed by atoms with Crippen LogP contribution in [-0.4, -0.2) is 12.8 Å². The lowest BCUT2D eigenvalue weighted by molar-refractivity contribution is 0.594. The Kier molecular flexibility index (Phi) is 4.73. The zero-order valence-electron chi connectivity index (χ0n) is 10.0.